The van der Waals surface area contributed by atoms with E-state index in [0.717, 1.165) is 16.6 Å². The van der Waals surface area contributed by atoms with Crippen molar-refractivity contribution in [2.75, 3.05) is 4.90 Å². The van der Waals surface area contributed by atoms with Crippen LogP contribution in [-0.2, 0) is 0 Å². The van der Waals surface area contributed by atoms with Crippen molar-refractivity contribution in [1.82, 2.24) is 0 Å². The molecule has 0 bridgehead atoms. The van der Waals surface area contributed by atoms with Gasteiger partial charge in [0.05, 0.1) is 12.0 Å². The Hall–Kier alpha value is -1.35. The van der Waals surface area contributed by atoms with Crippen LogP contribution in [0.4, 0.5) is 5.69 Å². The first-order valence-electron chi connectivity index (χ1n) is 5.66. The molecule has 0 spiro atoms. The van der Waals surface area contributed by atoms with Gasteiger partial charge in [0.1, 0.15) is 5.54 Å². The first-order valence-corrected chi connectivity index (χ1v) is 6.46. The van der Waals surface area contributed by atoms with Crippen LogP contribution >= 0.6 is 15.9 Å². The standard InChI is InChI=1S/C14H13BrN2/c1-14-8-3-2-7-13(14)17(10-16-14)12-6-4-5-11(15)9-12/h2-7,9-10H,8H2,1H3. The van der Waals surface area contributed by atoms with E-state index >= 15 is 0 Å². The van der Waals surface area contributed by atoms with E-state index in [9.17, 15) is 0 Å². The second-order valence-electron chi connectivity index (χ2n) is 4.55. The van der Waals surface area contributed by atoms with E-state index in [-0.39, 0.29) is 5.54 Å². The third kappa shape index (κ3) is 1.75. The van der Waals surface area contributed by atoms with Gasteiger partial charge in [-0.25, -0.2) is 0 Å². The summed E-state index contributed by atoms with van der Waals surface area (Å²) in [5.74, 6) is 0. The monoisotopic (exact) mass is 288 g/mol. The van der Waals surface area contributed by atoms with Crippen LogP contribution in [0.5, 0.6) is 0 Å². The van der Waals surface area contributed by atoms with E-state index in [1.165, 1.54) is 5.70 Å². The molecule has 1 aromatic rings. The molecule has 2 aliphatic rings. The largest absolute Gasteiger partial charge is 0.303 e. The van der Waals surface area contributed by atoms with Crippen molar-refractivity contribution in [2.24, 2.45) is 4.99 Å². The Morgan fingerprint density at radius 1 is 1.41 bits per heavy atom. The third-order valence-electron chi connectivity index (χ3n) is 3.26. The molecule has 1 unspecified atom stereocenters. The fourth-order valence-electron chi connectivity index (χ4n) is 2.28. The Labute approximate surface area is 109 Å². The maximum Gasteiger partial charge on any atom is 0.103 e. The number of benzene rings is 1. The highest BCUT2D eigenvalue weighted by Gasteiger charge is 2.36. The highest BCUT2D eigenvalue weighted by Crippen LogP contribution is 2.38. The molecule has 0 amide bonds. The summed E-state index contributed by atoms with van der Waals surface area (Å²) in [7, 11) is 0. The van der Waals surface area contributed by atoms with Crippen molar-refractivity contribution in [3.05, 3.63) is 52.7 Å². The Morgan fingerprint density at radius 2 is 2.29 bits per heavy atom. The van der Waals surface area contributed by atoms with Crippen LogP contribution in [0.2, 0.25) is 0 Å². The molecular weight excluding hydrogens is 276 g/mol. The first kappa shape index (κ1) is 10.8. The lowest BCUT2D eigenvalue weighted by Crippen LogP contribution is -2.29. The van der Waals surface area contributed by atoms with Gasteiger partial charge in [-0.2, -0.15) is 0 Å². The minimum Gasteiger partial charge on any atom is -0.303 e. The Balaban J connectivity index is 2.04. The summed E-state index contributed by atoms with van der Waals surface area (Å²) in [6, 6.07) is 8.28. The SMILES string of the molecule is CC12CC=CC=C1N(c1cccc(Br)c1)C=N2. The molecule has 86 valence electrons. The van der Waals surface area contributed by atoms with Gasteiger partial charge in [-0.05, 0) is 37.6 Å². The number of fused-ring (bicyclic) bond motifs is 1. The summed E-state index contributed by atoms with van der Waals surface area (Å²) in [6.07, 6.45) is 9.33. The average molecular weight is 289 g/mol. The first-order chi connectivity index (χ1) is 8.19. The lowest BCUT2D eigenvalue weighted by atomic mass is 9.90. The minimum atomic E-state index is -0.0862. The van der Waals surface area contributed by atoms with Gasteiger partial charge < -0.3 is 4.90 Å². The summed E-state index contributed by atoms with van der Waals surface area (Å²) in [5.41, 5.74) is 2.31. The van der Waals surface area contributed by atoms with Crippen LogP contribution in [0, 0.1) is 0 Å². The topological polar surface area (TPSA) is 15.6 Å². The lowest BCUT2D eigenvalue weighted by Gasteiger charge is -2.28. The van der Waals surface area contributed by atoms with Crippen LogP contribution in [-0.4, -0.2) is 11.9 Å². The quantitative estimate of drug-likeness (QED) is 0.765. The Bertz CT molecular complexity index is 545. The predicted octanol–water partition coefficient (Wildman–Crippen LogP) is 3.90. The summed E-state index contributed by atoms with van der Waals surface area (Å²) < 4.78 is 1.09. The van der Waals surface area contributed by atoms with Gasteiger partial charge in [0.2, 0.25) is 0 Å². The zero-order valence-corrected chi connectivity index (χ0v) is 11.2. The van der Waals surface area contributed by atoms with Crippen LogP contribution in [0.15, 0.2) is 57.7 Å². The minimum absolute atomic E-state index is 0.0862. The maximum absolute atomic E-state index is 4.64. The molecule has 1 atom stereocenters. The molecule has 2 nitrogen and oxygen atoms in total. The van der Waals surface area contributed by atoms with E-state index < -0.39 is 0 Å². The fourth-order valence-corrected chi connectivity index (χ4v) is 2.67. The molecule has 1 heterocycles. The van der Waals surface area contributed by atoms with Crippen molar-refractivity contribution in [3.63, 3.8) is 0 Å². The number of anilines is 1. The van der Waals surface area contributed by atoms with E-state index in [1.807, 2.05) is 18.5 Å². The molecule has 3 heteroatoms. The molecule has 0 N–H and O–H groups in total. The molecule has 1 aliphatic heterocycles. The summed E-state index contributed by atoms with van der Waals surface area (Å²) >= 11 is 3.51. The molecule has 0 saturated carbocycles. The number of nitrogens with zero attached hydrogens (tertiary/aromatic N) is 2. The van der Waals surface area contributed by atoms with Crippen LogP contribution in [0.3, 0.4) is 0 Å². The molecule has 0 radical (unpaired) electrons. The molecular formula is C14H13BrN2. The van der Waals surface area contributed by atoms with Gasteiger partial charge in [0.15, 0.2) is 0 Å². The number of allylic oxidation sites excluding steroid dienone is 2. The third-order valence-corrected chi connectivity index (χ3v) is 3.75. The summed E-state index contributed by atoms with van der Waals surface area (Å²) in [4.78, 5) is 6.80. The lowest BCUT2D eigenvalue weighted by molar-refractivity contribution is 0.571. The Kier molecular flexibility index (Phi) is 2.44. The number of hydrogen-bond acceptors (Lipinski definition) is 2. The van der Waals surface area contributed by atoms with Crippen molar-refractivity contribution >= 4 is 28.0 Å². The maximum atomic E-state index is 4.64. The molecule has 1 aromatic carbocycles. The van der Waals surface area contributed by atoms with E-state index in [2.05, 4.69) is 63.1 Å². The smallest absolute Gasteiger partial charge is 0.103 e. The number of rotatable bonds is 1. The van der Waals surface area contributed by atoms with Gasteiger partial charge in [-0.15, -0.1) is 0 Å². The molecule has 0 aromatic heterocycles. The molecule has 1 aliphatic carbocycles. The van der Waals surface area contributed by atoms with Gasteiger partial charge in [0, 0.05) is 10.2 Å². The van der Waals surface area contributed by atoms with Gasteiger partial charge >= 0.3 is 0 Å². The Morgan fingerprint density at radius 3 is 3.12 bits per heavy atom. The van der Waals surface area contributed by atoms with Crippen LogP contribution in [0.1, 0.15) is 13.3 Å². The van der Waals surface area contributed by atoms with Crippen molar-refractivity contribution in [1.29, 1.82) is 0 Å². The van der Waals surface area contributed by atoms with Gasteiger partial charge in [0.25, 0.3) is 0 Å². The summed E-state index contributed by atoms with van der Waals surface area (Å²) in [5, 5.41) is 0. The number of hydrogen-bond donors (Lipinski definition) is 0. The van der Waals surface area contributed by atoms with Gasteiger partial charge in [-0.3, -0.25) is 4.99 Å². The normalized spacial score (nSPS) is 26.0. The average Bonchev–Trinajstić information content (AvgIpc) is 2.66. The second-order valence-corrected chi connectivity index (χ2v) is 5.47. The van der Waals surface area contributed by atoms with Crippen molar-refractivity contribution < 1.29 is 0 Å². The molecule has 0 saturated heterocycles. The van der Waals surface area contributed by atoms with Crippen LogP contribution < -0.4 is 4.90 Å². The van der Waals surface area contributed by atoms with E-state index in [4.69, 9.17) is 0 Å². The fraction of sp³-hybridized carbons (Fsp3) is 0.214. The molecule has 3 rings (SSSR count). The highest BCUT2D eigenvalue weighted by atomic mass is 79.9. The zero-order valence-electron chi connectivity index (χ0n) is 9.60. The number of halogens is 1. The van der Waals surface area contributed by atoms with E-state index in [1.54, 1.807) is 0 Å². The van der Waals surface area contributed by atoms with E-state index in [0.29, 0.717) is 0 Å². The molecule has 0 fully saturated rings. The van der Waals surface area contributed by atoms with Crippen molar-refractivity contribution in [3.8, 4) is 0 Å². The number of aliphatic imine (C=N–C) groups is 1. The predicted molar refractivity (Wildman–Crippen MR) is 75.4 cm³/mol. The highest BCUT2D eigenvalue weighted by molar-refractivity contribution is 9.10. The molecule has 17 heavy (non-hydrogen) atoms. The summed E-state index contributed by atoms with van der Waals surface area (Å²) in [6.45, 7) is 2.18. The second kappa shape index (κ2) is 3.84. The van der Waals surface area contributed by atoms with Crippen LogP contribution in [0.25, 0.3) is 0 Å². The zero-order chi connectivity index (χ0) is 11.9. The van der Waals surface area contributed by atoms with Crippen molar-refractivity contribution in [2.45, 2.75) is 18.9 Å². The van der Waals surface area contributed by atoms with Gasteiger partial charge in [-0.1, -0.05) is 34.1 Å².